The Labute approximate surface area is 167 Å². The Balaban J connectivity index is 1.53. The largest absolute Gasteiger partial charge is 0.481 e. The van der Waals surface area contributed by atoms with Crippen molar-refractivity contribution in [3.8, 4) is 17.2 Å². The molecule has 0 aliphatic heterocycles. The van der Waals surface area contributed by atoms with Gasteiger partial charge < -0.3 is 14.5 Å². The summed E-state index contributed by atoms with van der Waals surface area (Å²) in [5.41, 5.74) is 1.88. The first-order valence-electron chi connectivity index (χ1n) is 9.32. The molecule has 1 atom stereocenters. The van der Waals surface area contributed by atoms with Gasteiger partial charge in [-0.2, -0.15) is 0 Å². The van der Waals surface area contributed by atoms with E-state index in [0.29, 0.717) is 29.0 Å². The first kappa shape index (κ1) is 18.7. The second kappa shape index (κ2) is 8.14. The van der Waals surface area contributed by atoms with E-state index < -0.39 is 11.9 Å². The topological polar surface area (TPSA) is 64.4 Å². The Morgan fingerprint density at radius 1 is 1.10 bits per heavy atom. The number of carbonyl (C=O) groups is 1. The van der Waals surface area contributed by atoms with Crippen LogP contribution in [-0.2, 0) is 4.79 Å². The van der Waals surface area contributed by atoms with Gasteiger partial charge >= 0.3 is 0 Å². The normalized spacial score (nSPS) is 11.9. The minimum atomic E-state index is -0.626. The molecule has 6 heteroatoms. The highest BCUT2D eigenvalue weighted by atomic mass is 19.1. The lowest BCUT2D eigenvalue weighted by molar-refractivity contribution is -0.122. The molecule has 0 fully saturated rings. The Morgan fingerprint density at radius 3 is 2.62 bits per heavy atom. The predicted molar refractivity (Wildman–Crippen MR) is 109 cm³/mol. The van der Waals surface area contributed by atoms with Crippen molar-refractivity contribution in [3.63, 3.8) is 0 Å². The van der Waals surface area contributed by atoms with Crippen molar-refractivity contribution in [3.05, 3.63) is 78.6 Å². The van der Waals surface area contributed by atoms with Gasteiger partial charge in [-0.05, 0) is 48.9 Å². The summed E-state index contributed by atoms with van der Waals surface area (Å²) in [6.07, 6.45) is -0.107. The van der Waals surface area contributed by atoms with Gasteiger partial charge in [-0.3, -0.25) is 4.79 Å². The monoisotopic (exact) mass is 390 g/mol. The van der Waals surface area contributed by atoms with Gasteiger partial charge in [0.2, 0.25) is 5.89 Å². The summed E-state index contributed by atoms with van der Waals surface area (Å²) in [5.74, 6) is 0.168. The van der Waals surface area contributed by atoms with Crippen LogP contribution in [0, 0.1) is 5.82 Å². The number of amides is 1. The number of nitrogens with one attached hydrogen (secondary N) is 1. The summed E-state index contributed by atoms with van der Waals surface area (Å²) in [7, 11) is 0. The maximum absolute atomic E-state index is 14.0. The molecular formula is C23H19FN2O3. The molecule has 5 nitrogen and oxygen atoms in total. The van der Waals surface area contributed by atoms with Crippen LogP contribution in [0.3, 0.4) is 0 Å². The lowest BCUT2D eigenvalue weighted by atomic mass is 10.2. The van der Waals surface area contributed by atoms with Gasteiger partial charge in [0, 0.05) is 5.69 Å². The summed E-state index contributed by atoms with van der Waals surface area (Å²) >= 11 is 0. The summed E-state index contributed by atoms with van der Waals surface area (Å²) in [6, 6.07) is 20.6. The number of hydrogen-bond acceptors (Lipinski definition) is 4. The minimum absolute atomic E-state index is 0.195. The Bertz CT molecular complexity index is 1140. The van der Waals surface area contributed by atoms with Gasteiger partial charge in [0.25, 0.3) is 5.91 Å². The molecule has 0 aliphatic carbocycles. The van der Waals surface area contributed by atoms with Gasteiger partial charge in [-0.25, -0.2) is 9.37 Å². The van der Waals surface area contributed by atoms with Gasteiger partial charge in [-0.15, -0.1) is 0 Å². The average Bonchev–Trinajstić information content (AvgIpc) is 3.16. The van der Waals surface area contributed by atoms with E-state index in [2.05, 4.69) is 10.3 Å². The van der Waals surface area contributed by atoms with Crippen LogP contribution >= 0.6 is 0 Å². The van der Waals surface area contributed by atoms with Crippen LogP contribution in [0.15, 0.2) is 77.2 Å². The highest BCUT2D eigenvalue weighted by molar-refractivity contribution is 5.96. The zero-order valence-electron chi connectivity index (χ0n) is 15.8. The van der Waals surface area contributed by atoms with Crippen LogP contribution in [0.4, 0.5) is 10.1 Å². The molecule has 4 rings (SSSR count). The molecule has 1 amide bonds. The Hall–Kier alpha value is -3.67. The number of anilines is 1. The van der Waals surface area contributed by atoms with E-state index >= 15 is 0 Å². The molecule has 1 aromatic heterocycles. The SMILES string of the molecule is CC[C@@H](Oc1ccccc1)C(=O)Nc1ccc2oc(-c3ccccc3F)nc2c1. The number of aromatic nitrogens is 1. The molecule has 0 bridgehead atoms. The lowest BCUT2D eigenvalue weighted by Gasteiger charge is -2.17. The number of nitrogens with zero attached hydrogens (tertiary/aromatic N) is 1. The maximum Gasteiger partial charge on any atom is 0.265 e. The van der Waals surface area contributed by atoms with E-state index in [4.69, 9.17) is 9.15 Å². The quantitative estimate of drug-likeness (QED) is 0.477. The molecular weight excluding hydrogens is 371 g/mol. The molecule has 0 unspecified atom stereocenters. The number of halogens is 1. The fourth-order valence-corrected chi connectivity index (χ4v) is 2.96. The third-order valence-electron chi connectivity index (χ3n) is 4.44. The number of oxazole rings is 1. The number of para-hydroxylation sites is 1. The smallest absolute Gasteiger partial charge is 0.265 e. The first-order valence-corrected chi connectivity index (χ1v) is 9.32. The summed E-state index contributed by atoms with van der Waals surface area (Å²) < 4.78 is 25.4. The van der Waals surface area contributed by atoms with Gasteiger partial charge in [0.05, 0.1) is 5.56 Å². The molecule has 0 aliphatic rings. The van der Waals surface area contributed by atoms with Crippen LogP contribution in [0.5, 0.6) is 5.75 Å². The lowest BCUT2D eigenvalue weighted by Crippen LogP contribution is -2.32. The number of hydrogen-bond donors (Lipinski definition) is 1. The van der Waals surface area contributed by atoms with E-state index in [1.54, 1.807) is 36.4 Å². The van der Waals surface area contributed by atoms with Crippen molar-refractivity contribution in [2.24, 2.45) is 0 Å². The Morgan fingerprint density at radius 2 is 1.86 bits per heavy atom. The van der Waals surface area contributed by atoms with Crippen molar-refractivity contribution >= 4 is 22.7 Å². The van der Waals surface area contributed by atoms with E-state index in [9.17, 15) is 9.18 Å². The zero-order chi connectivity index (χ0) is 20.2. The highest BCUT2D eigenvalue weighted by Crippen LogP contribution is 2.28. The number of ether oxygens (including phenoxy) is 1. The predicted octanol–water partition coefficient (Wildman–Crippen LogP) is 5.43. The fraction of sp³-hybridized carbons (Fsp3) is 0.130. The van der Waals surface area contributed by atoms with Crippen molar-refractivity contribution in [2.45, 2.75) is 19.4 Å². The van der Waals surface area contributed by atoms with Crippen molar-refractivity contribution in [2.75, 3.05) is 5.32 Å². The number of carbonyl (C=O) groups excluding carboxylic acids is 1. The van der Waals surface area contributed by atoms with Crippen LogP contribution in [0.25, 0.3) is 22.6 Å². The molecule has 0 spiro atoms. The van der Waals surface area contributed by atoms with E-state index in [1.165, 1.54) is 6.07 Å². The second-order valence-corrected chi connectivity index (χ2v) is 6.50. The number of fused-ring (bicyclic) bond motifs is 1. The van der Waals surface area contributed by atoms with Gasteiger partial charge in [-0.1, -0.05) is 37.3 Å². The average molecular weight is 390 g/mol. The van der Waals surface area contributed by atoms with E-state index in [0.717, 1.165) is 0 Å². The second-order valence-electron chi connectivity index (χ2n) is 6.50. The summed E-state index contributed by atoms with van der Waals surface area (Å²) in [5, 5.41) is 2.85. The van der Waals surface area contributed by atoms with Gasteiger partial charge in [0.15, 0.2) is 11.7 Å². The molecule has 146 valence electrons. The van der Waals surface area contributed by atoms with Crippen molar-refractivity contribution in [1.29, 1.82) is 0 Å². The van der Waals surface area contributed by atoms with Crippen LogP contribution in [0.2, 0.25) is 0 Å². The molecule has 0 radical (unpaired) electrons. The highest BCUT2D eigenvalue weighted by Gasteiger charge is 2.19. The Kier molecular flexibility index (Phi) is 5.24. The molecule has 1 heterocycles. The molecule has 4 aromatic rings. The molecule has 0 saturated heterocycles. The van der Waals surface area contributed by atoms with E-state index in [1.807, 2.05) is 37.3 Å². The number of rotatable bonds is 6. The van der Waals surface area contributed by atoms with Crippen LogP contribution in [-0.4, -0.2) is 17.0 Å². The van der Waals surface area contributed by atoms with Gasteiger partial charge in [0.1, 0.15) is 17.1 Å². The van der Waals surface area contributed by atoms with Crippen LogP contribution in [0.1, 0.15) is 13.3 Å². The van der Waals surface area contributed by atoms with E-state index in [-0.39, 0.29) is 17.4 Å². The summed E-state index contributed by atoms with van der Waals surface area (Å²) in [6.45, 7) is 1.88. The third-order valence-corrected chi connectivity index (χ3v) is 4.44. The zero-order valence-corrected chi connectivity index (χ0v) is 15.8. The minimum Gasteiger partial charge on any atom is -0.481 e. The van der Waals surface area contributed by atoms with Crippen molar-refractivity contribution < 1.29 is 18.3 Å². The first-order chi connectivity index (χ1) is 14.1. The maximum atomic E-state index is 14.0. The van der Waals surface area contributed by atoms with Crippen LogP contribution < -0.4 is 10.1 Å². The number of benzene rings is 3. The third kappa shape index (κ3) is 4.11. The molecule has 29 heavy (non-hydrogen) atoms. The summed E-state index contributed by atoms with van der Waals surface area (Å²) in [4.78, 5) is 17.0. The van der Waals surface area contributed by atoms with Crippen molar-refractivity contribution in [1.82, 2.24) is 4.98 Å². The standard InChI is InChI=1S/C23H19FN2O3/c1-2-20(28-16-8-4-3-5-9-16)22(27)25-15-12-13-21-19(14-15)26-23(29-21)17-10-6-7-11-18(17)24/h3-14,20H,2H2,1H3,(H,25,27)/t20-/m1/s1. The molecule has 3 aromatic carbocycles. The molecule has 1 N–H and O–H groups in total. The fourth-order valence-electron chi connectivity index (χ4n) is 2.96. The molecule has 0 saturated carbocycles.